The van der Waals surface area contributed by atoms with Gasteiger partial charge in [-0.1, -0.05) is 30.3 Å². The lowest BCUT2D eigenvalue weighted by Gasteiger charge is -2.13. The van der Waals surface area contributed by atoms with Crippen molar-refractivity contribution in [1.29, 1.82) is 0 Å². The van der Waals surface area contributed by atoms with Crippen molar-refractivity contribution in [3.05, 3.63) is 58.9 Å². The molecule has 154 valence electrons. The Kier molecular flexibility index (Phi) is 5.45. The molecule has 1 atom stereocenters. The number of fused-ring (bicyclic) bond motifs is 1. The molecular formula is C24H26N4O2. The lowest BCUT2D eigenvalue weighted by molar-refractivity contribution is 0.244. The molecule has 1 N–H and O–H groups in total. The van der Waals surface area contributed by atoms with E-state index in [1.807, 2.05) is 38.1 Å². The minimum atomic E-state index is -0.773. The highest BCUT2D eigenvalue weighted by Gasteiger charge is 2.26. The van der Waals surface area contributed by atoms with Crippen molar-refractivity contribution in [2.24, 2.45) is 0 Å². The first kappa shape index (κ1) is 18.8. The molecule has 4 rings (SSSR count). The summed E-state index contributed by atoms with van der Waals surface area (Å²) >= 11 is 0. The molecule has 1 heterocycles. The largest absolute Gasteiger partial charge is 0.502 e. The predicted octanol–water partition coefficient (Wildman–Crippen LogP) is 5.73. The first-order chi connectivity index (χ1) is 14.9. The van der Waals surface area contributed by atoms with Crippen molar-refractivity contribution in [3.8, 4) is 28.6 Å². The summed E-state index contributed by atoms with van der Waals surface area (Å²) < 4.78 is 20.1. The molecule has 6 nitrogen and oxygen atoms in total. The molecule has 1 aliphatic rings. The van der Waals surface area contributed by atoms with E-state index in [2.05, 4.69) is 27.2 Å². The number of nitrogens with one attached hydrogen (secondary N) is 1. The lowest BCUT2D eigenvalue weighted by Crippen LogP contribution is -2.19. The predicted molar refractivity (Wildman–Crippen MR) is 117 cm³/mol. The number of benzene rings is 2. The Balaban J connectivity index is 1.66. The van der Waals surface area contributed by atoms with Gasteiger partial charge in [0.2, 0.25) is 11.5 Å². The molecule has 0 fully saturated rings. The molecule has 1 aliphatic carbocycles. The van der Waals surface area contributed by atoms with Crippen LogP contribution in [0.5, 0.6) is 5.75 Å². The van der Waals surface area contributed by atoms with Gasteiger partial charge in [0, 0.05) is 17.1 Å². The monoisotopic (exact) mass is 403 g/mol. The summed E-state index contributed by atoms with van der Waals surface area (Å²) in [5, 5.41) is 7.57. The Morgan fingerprint density at radius 2 is 2.23 bits per heavy atom. The minimum Gasteiger partial charge on any atom is -0.502 e. The molecule has 0 unspecified atom stereocenters. The van der Waals surface area contributed by atoms with Gasteiger partial charge in [0.05, 0.1) is 14.0 Å². The smallest absolute Gasteiger partial charge is 0.256 e. The van der Waals surface area contributed by atoms with Gasteiger partial charge >= 0.3 is 0 Å². The van der Waals surface area contributed by atoms with Gasteiger partial charge < -0.3 is 14.6 Å². The Morgan fingerprint density at radius 1 is 1.37 bits per heavy atom. The average Bonchev–Trinajstić information content (AvgIpc) is 3.38. The van der Waals surface area contributed by atoms with E-state index in [1.54, 1.807) is 12.1 Å². The van der Waals surface area contributed by atoms with Crippen LogP contribution >= 0.6 is 0 Å². The average molecular weight is 404 g/mol. The quantitative estimate of drug-likeness (QED) is 0.511. The Bertz CT molecular complexity index is 1130. The second-order valence-electron chi connectivity index (χ2n) is 7.62. The number of rotatable bonds is 7. The van der Waals surface area contributed by atoms with Crippen LogP contribution < -0.4 is 10.1 Å². The normalized spacial score (nSPS) is 18.2. The van der Waals surface area contributed by atoms with Crippen LogP contribution in [-0.2, 0) is 6.42 Å². The summed E-state index contributed by atoms with van der Waals surface area (Å²) in [5.41, 5.74) is 4.05. The second-order valence-corrected chi connectivity index (χ2v) is 7.62. The van der Waals surface area contributed by atoms with Crippen molar-refractivity contribution in [2.45, 2.75) is 52.2 Å². The summed E-state index contributed by atoms with van der Waals surface area (Å²) in [7, 11) is 0. The van der Waals surface area contributed by atoms with Gasteiger partial charge in [-0.3, -0.25) is 0 Å². The van der Waals surface area contributed by atoms with E-state index in [-0.39, 0.29) is 6.10 Å². The van der Waals surface area contributed by atoms with E-state index < -0.39 is 6.02 Å². The lowest BCUT2D eigenvalue weighted by atomic mass is 10.0. The summed E-state index contributed by atoms with van der Waals surface area (Å²) in [5.74, 6) is 1.40. The van der Waals surface area contributed by atoms with Crippen molar-refractivity contribution in [3.63, 3.8) is 0 Å². The minimum absolute atomic E-state index is 0.0162. The van der Waals surface area contributed by atoms with E-state index in [0.717, 1.165) is 42.5 Å². The fourth-order valence-corrected chi connectivity index (χ4v) is 3.73. The SMILES string of the molecule is [2H][C@]1(NCCC)CCc2c(-c3noc(-c4ccc(OC(C)C)c([N+]#[C-])c4)n3)cccc21. The van der Waals surface area contributed by atoms with Crippen LogP contribution in [0.15, 0.2) is 40.9 Å². The fourth-order valence-electron chi connectivity index (χ4n) is 3.73. The number of hydrogen-bond acceptors (Lipinski definition) is 5. The maximum atomic E-state index is 8.86. The zero-order chi connectivity index (χ0) is 22.0. The van der Waals surface area contributed by atoms with Crippen LogP contribution in [0.3, 0.4) is 0 Å². The summed E-state index contributed by atoms with van der Waals surface area (Å²) in [4.78, 5) is 8.17. The van der Waals surface area contributed by atoms with E-state index in [0.29, 0.717) is 28.7 Å². The van der Waals surface area contributed by atoms with Crippen LogP contribution in [0.4, 0.5) is 5.69 Å². The van der Waals surface area contributed by atoms with Crippen molar-refractivity contribution in [2.75, 3.05) is 6.54 Å². The molecule has 0 bridgehead atoms. The number of hydrogen-bond donors (Lipinski definition) is 1. The van der Waals surface area contributed by atoms with E-state index >= 15 is 0 Å². The van der Waals surface area contributed by atoms with Gasteiger partial charge in [0.15, 0.2) is 0 Å². The Morgan fingerprint density at radius 3 is 3.00 bits per heavy atom. The first-order valence-electron chi connectivity index (χ1n) is 10.8. The van der Waals surface area contributed by atoms with Crippen molar-refractivity contribution >= 4 is 5.69 Å². The number of nitrogens with zero attached hydrogens (tertiary/aromatic N) is 3. The molecule has 3 aromatic rings. The number of aromatic nitrogens is 2. The second kappa shape index (κ2) is 8.68. The molecule has 30 heavy (non-hydrogen) atoms. The highest BCUT2D eigenvalue weighted by atomic mass is 16.5. The van der Waals surface area contributed by atoms with Crippen LogP contribution in [-0.4, -0.2) is 22.8 Å². The molecule has 0 spiro atoms. The first-order valence-corrected chi connectivity index (χ1v) is 10.3. The van der Waals surface area contributed by atoms with E-state index in [9.17, 15) is 0 Å². The molecule has 0 saturated carbocycles. The highest BCUT2D eigenvalue weighted by Crippen LogP contribution is 2.38. The summed E-state index contributed by atoms with van der Waals surface area (Å²) in [6, 6.07) is 10.5. The van der Waals surface area contributed by atoms with Crippen molar-refractivity contribution < 1.29 is 10.6 Å². The van der Waals surface area contributed by atoms with Crippen LogP contribution in [0.1, 0.15) is 52.1 Å². The maximum absolute atomic E-state index is 8.86. The molecule has 0 amide bonds. The van der Waals surface area contributed by atoms with Crippen molar-refractivity contribution in [1.82, 2.24) is 15.5 Å². The maximum Gasteiger partial charge on any atom is 0.256 e. The van der Waals surface area contributed by atoms with Crippen LogP contribution in [0.25, 0.3) is 27.7 Å². The molecule has 1 aromatic heterocycles. The number of ether oxygens (including phenoxy) is 1. The van der Waals surface area contributed by atoms with E-state index in [1.165, 1.54) is 0 Å². The zero-order valence-corrected chi connectivity index (χ0v) is 17.5. The van der Waals surface area contributed by atoms with Gasteiger partial charge in [-0.05, 0) is 69.0 Å². The molecule has 0 radical (unpaired) electrons. The molecule has 0 saturated heterocycles. The topological polar surface area (TPSA) is 64.5 Å². The van der Waals surface area contributed by atoms with Gasteiger partial charge in [0.1, 0.15) is 5.75 Å². The third kappa shape index (κ3) is 3.94. The summed E-state index contributed by atoms with van der Waals surface area (Å²) in [6.45, 7) is 14.2. The third-order valence-electron chi connectivity index (χ3n) is 5.07. The zero-order valence-electron chi connectivity index (χ0n) is 18.5. The molecule has 6 heteroatoms. The third-order valence-corrected chi connectivity index (χ3v) is 5.07. The Hall–Kier alpha value is -3.17. The highest BCUT2D eigenvalue weighted by molar-refractivity contribution is 5.70. The molecule has 2 aromatic carbocycles. The van der Waals surface area contributed by atoms with Crippen LogP contribution in [0.2, 0.25) is 0 Å². The molecule has 0 aliphatic heterocycles. The van der Waals surface area contributed by atoms with Gasteiger partial charge in [0.25, 0.3) is 5.89 Å². The van der Waals surface area contributed by atoms with Crippen LogP contribution in [0, 0.1) is 6.57 Å². The standard InChI is InChI=1S/C24H26N4O2/c1-5-13-26-20-11-10-17-18(20)7-6-8-19(17)23-27-24(30-28-23)16-9-12-22(29-15(2)3)21(14-16)25-4/h6-9,12,14-15,20,26H,5,10-11,13H2,1-3H3/t20-/m0/s1/i20D. The summed E-state index contributed by atoms with van der Waals surface area (Å²) in [6.07, 6.45) is 2.48. The Labute approximate surface area is 178 Å². The van der Waals surface area contributed by atoms with Gasteiger partial charge in [-0.2, -0.15) is 4.98 Å². The van der Waals surface area contributed by atoms with E-state index in [4.69, 9.17) is 17.2 Å². The molecular weight excluding hydrogens is 376 g/mol. The fraction of sp³-hybridized carbons (Fsp3) is 0.375. The van der Waals surface area contributed by atoms with Gasteiger partial charge in [-0.25, -0.2) is 4.85 Å². The van der Waals surface area contributed by atoms with Gasteiger partial charge in [-0.15, -0.1) is 0 Å².